The number of pyridine rings is 1. The summed E-state index contributed by atoms with van der Waals surface area (Å²) < 4.78 is 0. The average Bonchev–Trinajstić information content (AvgIpc) is 2.39. The normalized spacial score (nSPS) is 21.2. The van der Waals surface area contributed by atoms with Crippen molar-refractivity contribution < 1.29 is 4.79 Å². The highest BCUT2D eigenvalue weighted by Gasteiger charge is 2.32. The Balaban J connectivity index is 1.56. The van der Waals surface area contributed by atoms with E-state index in [1.807, 2.05) is 6.07 Å². The predicted molar refractivity (Wildman–Crippen MR) is 73.2 cm³/mol. The van der Waals surface area contributed by atoms with Gasteiger partial charge < -0.3 is 16.0 Å². The van der Waals surface area contributed by atoms with Crippen LogP contribution in [-0.4, -0.2) is 61.1 Å². The Kier molecular flexibility index (Phi) is 3.35. The summed E-state index contributed by atoms with van der Waals surface area (Å²) in [6.07, 6.45) is 1.55. The lowest BCUT2D eigenvalue weighted by atomic mass is 10.1. The van der Waals surface area contributed by atoms with E-state index in [9.17, 15) is 4.79 Å². The number of nitrogens with two attached hydrogens (primary N) is 1. The molecule has 6 nitrogen and oxygen atoms in total. The molecule has 0 unspecified atom stereocenters. The summed E-state index contributed by atoms with van der Waals surface area (Å²) in [7, 11) is 0. The SMILES string of the molecule is NC(=O)c1ccc(N2CC(N3CCNCC3)C2)nc1. The number of hydrogen-bond donors (Lipinski definition) is 2. The maximum atomic E-state index is 11.0. The maximum Gasteiger partial charge on any atom is 0.250 e. The fourth-order valence-electron chi connectivity index (χ4n) is 2.64. The quantitative estimate of drug-likeness (QED) is 0.751. The molecule has 0 atom stereocenters. The van der Waals surface area contributed by atoms with E-state index in [0.717, 1.165) is 45.1 Å². The minimum Gasteiger partial charge on any atom is -0.366 e. The monoisotopic (exact) mass is 261 g/mol. The van der Waals surface area contributed by atoms with Crippen LogP contribution in [-0.2, 0) is 0 Å². The molecule has 2 aliphatic rings. The van der Waals surface area contributed by atoms with Crippen LogP contribution in [0.1, 0.15) is 10.4 Å². The van der Waals surface area contributed by atoms with Gasteiger partial charge in [0.1, 0.15) is 5.82 Å². The van der Waals surface area contributed by atoms with Gasteiger partial charge in [-0.2, -0.15) is 0 Å². The second-order valence-electron chi connectivity index (χ2n) is 5.11. The highest BCUT2D eigenvalue weighted by Crippen LogP contribution is 2.22. The Labute approximate surface area is 112 Å². The number of amides is 1. The van der Waals surface area contributed by atoms with Crippen LogP contribution in [0.3, 0.4) is 0 Å². The average molecular weight is 261 g/mol. The molecule has 2 saturated heterocycles. The van der Waals surface area contributed by atoms with Gasteiger partial charge >= 0.3 is 0 Å². The van der Waals surface area contributed by atoms with Crippen LogP contribution in [0.4, 0.5) is 5.82 Å². The Morgan fingerprint density at radius 3 is 2.63 bits per heavy atom. The third kappa shape index (κ3) is 2.54. The first kappa shape index (κ1) is 12.4. The Morgan fingerprint density at radius 1 is 1.32 bits per heavy atom. The van der Waals surface area contributed by atoms with E-state index >= 15 is 0 Å². The lowest BCUT2D eigenvalue weighted by molar-refractivity contribution is 0.1000. The molecule has 1 amide bonds. The van der Waals surface area contributed by atoms with Crippen molar-refractivity contribution in [1.82, 2.24) is 15.2 Å². The molecule has 6 heteroatoms. The fraction of sp³-hybridized carbons (Fsp3) is 0.538. The summed E-state index contributed by atoms with van der Waals surface area (Å²) in [6.45, 7) is 6.47. The minimum absolute atomic E-state index is 0.429. The fourth-order valence-corrected chi connectivity index (χ4v) is 2.64. The number of carbonyl (C=O) groups excluding carboxylic acids is 1. The van der Waals surface area contributed by atoms with Crippen molar-refractivity contribution in [2.75, 3.05) is 44.2 Å². The smallest absolute Gasteiger partial charge is 0.250 e. The molecule has 3 N–H and O–H groups in total. The topological polar surface area (TPSA) is 74.5 Å². The molecule has 0 aromatic carbocycles. The molecular weight excluding hydrogens is 242 g/mol. The van der Waals surface area contributed by atoms with Gasteiger partial charge in [-0.3, -0.25) is 9.69 Å². The summed E-state index contributed by atoms with van der Waals surface area (Å²) in [6, 6.07) is 4.25. The highest BCUT2D eigenvalue weighted by atomic mass is 16.1. The lowest BCUT2D eigenvalue weighted by Gasteiger charge is -2.47. The van der Waals surface area contributed by atoms with Crippen LogP contribution >= 0.6 is 0 Å². The molecule has 0 aliphatic carbocycles. The summed E-state index contributed by atoms with van der Waals surface area (Å²) in [5.74, 6) is 0.498. The standard InChI is InChI=1S/C13H19N5O/c14-13(19)10-1-2-12(16-7-10)18-8-11(9-18)17-5-3-15-4-6-17/h1-2,7,11,15H,3-6,8-9H2,(H2,14,19). The molecule has 0 spiro atoms. The highest BCUT2D eigenvalue weighted by molar-refractivity contribution is 5.92. The molecule has 102 valence electrons. The van der Waals surface area contributed by atoms with Crippen LogP contribution in [0.25, 0.3) is 0 Å². The second-order valence-corrected chi connectivity index (χ2v) is 5.11. The molecule has 0 radical (unpaired) electrons. The van der Waals surface area contributed by atoms with Crippen molar-refractivity contribution in [3.63, 3.8) is 0 Å². The number of nitrogens with one attached hydrogen (secondary N) is 1. The summed E-state index contributed by atoms with van der Waals surface area (Å²) in [5, 5.41) is 3.37. The maximum absolute atomic E-state index is 11.0. The molecule has 0 bridgehead atoms. The molecule has 3 rings (SSSR count). The van der Waals surface area contributed by atoms with Crippen molar-refractivity contribution in [3.8, 4) is 0 Å². The zero-order valence-electron chi connectivity index (χ0n) is 10.9. The van der Waals surface area contributed by atoms with Gasteiger partial charge in [0.25, 0.3) is 0 Å². The number of aromatic nitrogens is 1. The van der Waals surface area contributed by atoms with E-state index < -0.39 is 5.91 Å². The number of piperazine rings is 1. The van der Waals surface area contributed by atoms with E-state index in [4.69, 9.17) is 5.73 Å². The van der Waals surface area contributed by atoms with Crippen LogP contribution < -0.4 is 16.0 Å². The van der Waals surface area contributed by atoms with Gasteiger partial charge in [0, 0.05) is 51.5 Å². The third-order valence-electron chi connectivity index (χ3n) is 3.89. The second kappa shape index (κ2) is 5.14. The van der Waals surface area contributed by atoms with Gasteiger partial charge in [0.05, 0.1) is 5.56 Å². The zero-order valence-corrected chi connectivity index (χ0v) is 10.9. The molecule has 19 heavy (non-hydrogen) atoms. The first-order valence-electron chi connectivity index (χ1n) is 6.69. The van der Waals surface area contributed by atoms with E-state index in [-0.39, 0.29) is 0 Å². The molecule has 3 heterocycles. The number of rotatable bonds is 3. The van der Waals surface area contributed by atoms with Gasteiger partial charge in [0.2, 0.25) is 5.91 Å². The van der Waals surface area contributed by atoms with E-state index in [1.54, 1.807) is 12.3 Å². The predicted octanol–water partition coefficient (Wildman–Crippen LogP) is -0.726. The van der Waals surface area contributed by atoms with Crippen LogP contribution in [0.15, 0.2) is 18.3 Å². The molecule has 0 saturated carbocycles. The van der Waals surface area contributed by atoms with Crippen LogP contribution in [0.5, 0.6) is 0 Å². The number of nitrogens with zero attached hydrogens (tertiary/aromatic N) is 3. The molecule has 1 aromatic rings. The first-order chi connectivity index (χ1) is 9.24. The van der Waals surface area contributed by atoms with Gasteiger partial charge in [-0.1, -0.05) is 0 Å². The van der Waals surface area contributed by atoms with Gasteiger partial charge in [-0.25, -0.2) is 4.98 Å². The van der Waals surface area contributed by atoms with Crippen molar-refractivity contribution in [2.45, 2.75) is 6.04 Å². The van der Waals surface area contributed by atoms with Crippen molar-refractivity contribution in [3.05, 3.63) is 23.9 Å². The largest absolute Gasteiger partial charge is 0.366 e. The minimum atomic E-state index is -0.429. The molecule has 1 aromatic heterocycles. The van der Waals surface area contributed by atoms with Gasteiger partial charge in [-0.15, -0.1) is 0 Å². The van der Waals surface area contributed by atoms with Gasteiger partial charge in [0.15, 0.2) is 0 Å². The third-order valence-corrected chi connectivity index (χ3v) is 3.89. The molecule has 2 fully saturated rings. The summed E-state index contributed by atoms with van der Waals surface area (Å²) >= 11 is 0. The number of anilines is 1. The van der Waals surface area contributed by atoms with Crippen LogP contribution in [0, 0.1) is 0 Å². The Morgan fingerprint density at radius 2 is 2.05 bits per heavy atom. The number of hydrogen-bond acceptors (Lipinski definition) is 5. The van der Waals surface area contributed by atoms with Crippen LogP contribution in [0.2, 0.25) is 0 Å². The van der Waals surface area contributed by atoms with Crippen molar-refractivity contribution in [2.24, 2.45) is 5.73 Å². The van der Waals surface area contributed by atoms with E-state index in [0.29, 0.717) is 11.6 Å². The Bertz CT molecular complexity index is 449. The van der Waals surface area contributed by atoms with Crippen molar-refractivity contribution in [1.29, 1.82) is 0 Å². The lowest BCUT2D eigenvalue weighted by Crippen LogP contribution is -2.63. The van der Waals surface area contributed by atoms with Gasteiger partial charge in [-0.05, 0) is 12.1 Å². The molecule has 2 aliphatic heterocycles. The van der Waals surface area contributed by atoms with Crippen molar-refractivity contribution >= 4 is 11.7 Å². The van der Waals surface area contributed by atoms with E-state index in [1.165, 1.54) is 0 Å². The summed E-state index contributed by atoms with van der Waals surface area (Å²) in [5.41, 5.74) is 5.66. The Hall–Kier alpha value is -1.66. The molecular formula is C13H19N5O. The number of primary amides is 1. The number of carbonyl (C=O) groups is 1. The van der Waals surface area contributed by atoms with E-state index in [2.05, 4.69) is 20.1 Å². The summed E-state index contributed by atoms with van der Waals surface area (Å²) in [4.78, 5) is 20.0. The zero-order chi connectivity index (χ0) is 13.2. The first-order valence-corrected chi connectivity index (χ1v) is 6.69.